The molecule has 88 valence electrons. The third-order valence-electron chi connectivity index (χ3n) is 4.12. The molecule has 1 nitrogen and oxygen atoms in total. The molecule has 2 saturated carbocycles. The number of hydrogen-bond donors (Lipinski definition) is 1. The summed E-state index contributed by atoms with van der Waals surface area (Å²) in [4.78, 5) is 0. The minimum Gasteiger partial charge on any atom is -0.392 e. The van der Waals surface area contributed by atoms with E-state index in [1.54, 1.807) is 0 Å². The molecule has 4 unspecified atom stereocenters. The quantitative estimate of drug-likeness (QED) is 0.704. The molecule has 0 aromatic heterocycles. The molecule has 2 heteroatoms. The van der Waals surface area contributed by atoms with E-state index in [1.807, 2.05) is 11.8 Å². The van der Waals surface area contributed by atoms with Crippen molar-refractivity contribution in [3.63, 3.8) is 0 Å². The molecule has 2 aliphatic carbocycles. The predicted octanol–water partition coefficient (Wildman–Crippen LogP) is 3.32. The second-order valence-corrected chi connectivity index (χ2v) is 6.55. The van der Waals surface area contributed by atoms with Crippen LogP contribution in [0.5, 0.6) is 0 Å². The van der Waals surface area contributed by atoms with E-state index >= 15 is 0 Å². The Labute approximate surface area is 98.0 Å². The summed E-state index contributed by atoms with van der Waals surface area (Å²) in [5, 5.41) is 9.94. The van der Waals surface area contributed by atoms with Crippen molar-refractivity contribution in [2.75, 3.05) is 11.5 Å². The Morgan fingerprint density at radius 3 is 2.80 bits per heavy atom. The first-order valence-electron chi connectivity index (χ1n) is 6.55. The van der Waals surface area contributed by atoms with Gasteiger partial charge >= 0.3 is 0 Å². The fraction of sp³-hybridized carbons (Fsp3) is 1.00. The van der Waals surface area contributed by atoms with Crippen LogP contribution in [0.25, 0.3) is 0 Å². The molecule has 1 N–H and O–H groups in total. The zero-order chi connectivity index (χ0) is 10.7. The Morgan fingerprint density at radius 2 is 2.20 bits per heavy atom. The fourth-order valence-corrected chi connectivity index (χ4v) is 4.31. The Bertz CT molecular complexity index is 195. The van der Waals surface area contributed by atoms with Crippen LogP contribution in [0.2, 0.25) is 0 Å². The van der Waals surface area contributed by atoms with Crippen molar-refractivity contribution < 1.29 is 5.11 Å². The lowest BCUT2D eigenvalue weighted by Gasteiger charge is -2.23. The Morgan fingerprint density at radius 1 is 1.33 bits per heavy atom. The molecule has 0 spiro atoms. The van der Waals surface area contributed by atoms with Crippen molar-refractivity contribution in [2.45, 2.75) is 51.6 Å². The largest absolute Gasteiger partial charge is 0.392 e. The predicted molar refractivity (Wildman–Crippen MR) is 67.2 cm³/mol. The third-order valence-corrected chi connectivity index (χ3v) is 5.44. The molecule has 2 fully saturated rings. The van der Waals surface area contributed by atoms with E-state index < -0.39 is 0 Å². The number of hydrogen-bond acceptors (Lipinski definition) is 2. The van der Waals surface area contributed by atoms with Crippen LogP contribution in [-0.4, -0.2) is 22.7 Å². The minimum atomic E-state index is -0.0362. The second kappa shape index (κ2) is 5.58. The number of fused-ring (bicyclic) bond motifs is 2. The van der Waals surface area contributed by atoms with E-state index in [1.165, 1.54) is 37.9 Å². The van der Waals surface area contributed by atoms with E-state index in [2.05, 4.69) is 6.92 Å². The van der Waals surface area contributed by atoms with Gasteiger partial charge in [0.1, 0.15) is 0 Å². The van der Waals surface area contributed by atoms with E-state index in [0.717, 1.165) is 29.9 Å². The fourth-order valence-electron chi connectivity index (χ4n) is 3.45. The topological polar surface area (TPSA) is 20.2 Å². The van der Waals surface area contributed by atoms with Gasteiger partial charge in [-0.1, -0.05) is 13.3 Å². The van der Waals surface area contributed by atoms with E-state index in [4.69, 9.17) is 0 Å². The third kappa shape index (κ3) is 3.13. The van der Waals surface area contributed by atoms with Gasteiger partial charge in [-0.2, -0.15) is 11.8 Å². The molecule has 0 aromatic carbocycles. The van der Waals surface area contributed by atoms with Crippen molar-refractivity contribution in [3.05, 3.63) is 0 Å². The van der Waals surface area contributed by atoms with Gasteiger partial charge in [-0.05, 0) is 55.6 Å². The SMILES string of the molecule is CCCSCC(O)CC1CC2CCC1C2. The molecule has 2 bridgehead atoms. The lowest BCUT2D eigenvalue weighted by Crippen LogP contribution is -2.20. The standard InChI is InChI=1S/C13H24OS/c1-2-5-15-9-13(14)8-12-7-10-3-4-11(12)6-10/h10-14H,2-9H2,1H3. The lowest BCUT2D eigenvalue weighted by atomic mass is 9.85. The van der Waals surface area contributed by atoms with Crippen LogP contribution >= 0.6 is 11.8 Å². The van der Waals surface area contributed by atoms with E-state index in [9.17, 15) is 5.11 Å². The van der Waals surface area contributed by atoms with Crippen LogP contribution < -0.4 is 0 Å². The number of thioether (sulfide) groups is 1. The van der Waals surface area contributed by atoms with E-state index in [-0.39, 0.29) is 6.10 Å². The summed E-state index contributed by atoms with van der Waals surface area (Å²) >= 11 is 1.91. The normalized spacial score (nSPS) is 36.0. The maximum atomic E-state index is 9.94. The highest BCUT2D eigenvalue weighted by molar-refractivity contribution is 7.99. The monoisotopic (exact) mass is 228 g/mol. The van der Waals surface area contributed by atoms with E-state index in [0.29, 0.717) is 0 Å². The van der Waals surface area contributed by atoms with Crippen LogP contribution in [0.1, 0.15) is 45.4 Å². The van der Waals surface area contributed by atoms with Crippen LogP contribution in [0.4, 0.5) is 0 Å². The highest BCUT2D eigenvalue weighted by atomic mass is 32.2. The second-order valence-electron chi connectivity index (χ2n) is 5.40. The first kappa shape index (κ1) is 11.8. The molecule has 15 heavy (non-hydrogen) atoms. The summed E-state index contributed by atoms with van der Waals surface area (Å²) in [5.74, 6) is 5.02. The van der Waals surface area contributed by atoms with Gasteiger partial charge in [0.2, 0.25) is 0 Å². The van der Waals surface area contributed by atoms with Gasteiger partial charge < -0.3 is 5.11 Å². The molecule has 0 radical (unpaired) electrons. The Kier molecular flexibility index (Phi) is 4.39. The average molecular weight is 228 g/mol. The molecular formula is C13H24OS. The van der Waals surface area contributed by atoms with Gasteiger partial charge in [0.05, 0.1) is 6.10 Å². The zero-order valence-corrected chi connectivity index (χ0v) is 10.6. The van der Waals surface area contributed by atoms with Crippen LogP contribution in [0, 0.1) is 17.8 Å². The molecule has 0 aliphatic heterocycles. The highest BCUT2D eigenvalue weighted by Gasteiger charge is 2.39. The molecular weight excluding hydrogens is 204 g/mol. The van der Waals surface area contributed by atoms with Crippen molar-refractivity contribution in [1.29, 1.82) is 0 Å². The summed E-state index contributed by atoms with van der Waals surface area (Å²) in [5.41, 5.74) is 0. The lowest BCUT2D eigenvalue weighted by molar-refractivity contribution is 0.144. The van der Waals surface area contributed by atoms with Crippen LogP contribution in [0.3, 0.4) is 0 Å². The van der Waals surface area contributed by atoms with Crippen LogP contribution in [0.15, 0.2) is 0 Å². The van der Waals surface area contributed by atoms with Gasteiger partial charge in [-0.3, -0.25) is 0 Å². The molecule has 0 saturated heterocycles. The first-order chi connectivity index (χ1) is 7.29. The van der Waals surface area contributed by atoms with Crippen molar-refractivity contribution in [2.24, 2.45) is 17.8 Å². The summed E-state index contributed by atoms with van der Waals surface area (Å²) in [6.07, 6.45) is 8.08. The number of aliphatic hydroxyl groups is 1. The Balaban J connectivity index is 1.64. The maximum Gasteiger partial charge on any atom is 0.0633 e. The van der Waals surface area contributed by atoms with Crippen molar-refractivity contribution in [1.82, 2.24) is 0 Å². The molecule has 0 heterocycles. The molecule has 2 rings (SSSR count). The molecule has 0 amide bonds. The van der Waals surface area contributed by atoms with Crippen molar-refractivity contribution in [3.8, 4) is 0 Å². The summed E-state index contributed by atoms with van der Waals surface area (Å²) in [7, 11) is 0. The molecule has 2 aliphatic rings. The number of rotatable bonds is 6. The van der Waals surface area contributed by atoms with Gasteiger partial charge in [0.25, 0.3) is 0 Å². The van der Waals surface area contributed by atoms with Gasteiger partial charge in [-0.15, -0.1) is 0 Å². The first-order valence-corrected chi connectivity index (χ1v) is 7.70. The van der Waals surface area contributed by atoms with Crippen LogP contribution in [-0.2, 0) is 0 Å². The highest BCUT2D eigenvalue weighted by Crippen LogP contribution is 2.49. The summed E-state index contributed by atoms with van der Waals surface area (Å²) in [6, 6.07) is 0. The average Bonchev–Trinajstić information content (AvgIpc) is 2.79. The zero-order valence-electron chi connectivity index (χ0n) is 9.82. The smallest absolute Gasteiger partial charge is 0.0633 e. The van der Waals surface area contributed by atoms with Crippen molar-refractivity contribution >= 4 is 11.8 Å². The summed E-state index contributed by atoms with van der Waals surface area (Å²) < 4.78 is 0. The molecule has 0 aromatic rings. The maximum absolute atomic E-state index is 9.94. The summed E-state index contributed by atoms with van der Waals surface area (Å²) in [6.45, 7) is 2.20. The minimum absolute atomic E-state index is 0.0362. The van der Waals surface area contributed by atoms with Gasteiger partial charge in [0, 0.05) is 5.75 Å². The van der Waals surface area contributed by atoms with Gasteiger partial charge in [-0.25, -0.2) is 0 Å². The Hall–Kier alpha value is 0.310. The number of aliphatic hydroxyl groups excluding tert-OH is 1. The van der Waals surface area contributed by atoms with Gasteiger partial charge in [0.15, 0.2) is 0 Å². The molecule has 4 atom stereocenters.